The van der Waals surface area contributed by atoms with Gasteiger partial charge >= 0.3 is 0 Å². The molecule has 0 aliphatic carbocycles. The Morgan fingerprint density at radius 1 is 1.32 bits per heavy atom. The van der Waals surface area contributed by atoms with Crippen molar-refractivity contribution in [1.29, 1.82) is 0 Å². The molecule has 0 radical (unpaired) electrons. The van der Waals surface area contributed by atoms with E-state index in [0.717, 1.165) is 19.5 Å². The normalized spacial score (nSPS) is 11.4. The summed E-state index contributed by atoms with van der Waals surface area (Å²) in [6.07, 6.45) is 4.76. The average molecular weight is 261 g/mol. The maximum absolute atomic E-state index is 4.47. The molecule has 0 saturated heterocycles. The molecule has 0 amide bonds. The summed E-state index contributed by atoms with van der Waals surface area (Å²) in [5.74, 6) is 0. The Hall–Kier alpha value is -1.62. The first-order valence-electron chi connectivity index (χ1n) is 6.79. The number of nitrogens with one attached hydrogen (secondary N) is 1. The lowest BCUT2D eigenvalue weighted by molar-refractivity contribution is 0.566. The molecule has 1 N–H and O–H groups in total. The molecular formula is C14H23N5. The zero-order chi connectivity index (χ0) is 13.8. The second kappa shape index (κ2) is 6.02. The van der Waals surface area contributed by atoms with E-state index < -0.39 is 0 Å². The van der Waals surface area contributed by atoms with Gasteiger partial charge in [0, 0.05) is 55.7 Å². The standard InChI is InChI=1S/C14H23N5/c1-11(2)15-9-13-10-17-19(12(13)3)8-6-14-5-7-16-18(14)4/h5,7,10-11,15H,6,8-9H2,1-4H3. The first-order chi connectivity index (χ1) is 9.08. The summed E-state index contributed by atoms with van der Waals surface area (Å²) in [6.45, 7) is 8.22. The van der Waals surface area contributed by atoms with Gasteiger partial charge in [0.2, 0.25) is 0 Å². The molecule has 104 valence electrons. The minimum absolute atomic E-state index is 0.497. The molecule has 0 aromatic carbocycles. The van der Waals surface area contributed by atoms with E-state index in [1.807, 2.05) is 24.1 Å². The molecule has 5 nitrogen and oxygen atoms in total. The van der Waals surface area contributed by atoms with Crippen LogP contribution in [0.4, 0.5) is 0 Å². The number of aromatic nitrogens is 4. The Balaban J connectivity index is 1.96. The van der Waals surface area contributed by atoms with E-state index in [0.29, 0.717) is 6.04 Å². The molecule has 19 heavy (non-hydrogen) atoms. The SMILES string of the molecule is Cc1c(CNC(C)C)cnn1CCc1ccnn1C. The second-order valence-corrected chi connectivity index (χ2v) is 5.21. The summed E-state index contributed by atoms with van der Waals surface area (Å²) in [7, 11) is 1.98. The van der Waals surface area contributed by atoms with Crippen molar-refractivity contribution >= 4 is 0 Å². The number of aryl methyl sites for hydroxylation is 3. The number of hydrogen-bond acceptors (Lipinski definition) is 3. The monoisotopic (exact) mass is 261 g/mol. The van der Waals surface area contributed by atoms with E-state index in [2.05, 4.69) is 47.0 Å². The topological polar surface area (TPSA) is 47.7 Å². The maximum Gasteiger partial charge on any atom is 0.0537 e. The first kappa shape index (κ1) is 13.8. The summed E-state index contributed by atoms with van der Waals surface area (Å²) in [4.78, 5) is 0. The lowest BCUT2D eigenvalue weighted by Crippen LogP contribution is -2.22. The van der Waals surface area contributed by atoms with Crippen LogP contribution in [-0.4, -0.2) is 25.6 Å². The molecule has 0 aliphatic heterocycles. The molecule has 0 bridgehead atoms. The molecule has 0 spiro atoms. The van der Waals surface area contributed by atoms with Crippen molar-refractivity contribution in [2.45, 2.75) is 46.3 Å². The van der Waals surface area contributed by atoms with Gasteiger partial charge in [0.25, 0.3) is 0 Å². The van der Waals surface area contributed by atoms with Gasteiger partial charge in [-0.2, -0.15) is 10.2 Å². The van der Waals surface area contributed by atoms with Crippen LogP contribution in [0.15, 0.2) is 18.5 Å². The van der Waals surface area contributed by atoms with E-state index in [4.69, 9.17) is 0 Å². The molecule has 5 heteroatoms. The van der Waals surface area contributed by atoms with Crippen molar-refractivity contribution in [3.8, 4) is 0 Å². The van der Waals surface area contributed by atoms with Crippen LogP contribution < -0.4 is 5.32 Å². The lowest BCUT2D eigenvalue weighted by Gasteiger charge is -2.08. The predicted octanol–water partition coefficient (Wildman–Crippen LogP) is 1.67. The summed E-state index contributed by atoms with van der Waals surface area (Å²) in [5, 5.41) is 12.1. The van der Waals surface area contributed by atoms with Crippen LogP contribution >= 0.6 is 0 Å². The lowest BCUT2D eigenvalue weighted by atomic mass is 10.2. The smallest absolute Gasteiger partial charge is 0.0537 e. The average Bonchev–Trinajstić information content (AvgIpc) is 2.91. The van der Waals surface area contributed by atoms with Crippen LogP contribution in [0.2, 0.25) is 0 Å². The van der Waals surface area contributed by atoms with Crippen LogP contribution in [0, 0.1) is 6.92 Å². The number of hydrogen-bond donors (Lipinski definition) is 1. The fourth-order valence-electron chi connectivity index (χ4n) is 2.07. The van der Waals surface area contributed by atoms with Crippen molar-refractivity contribution in [3.63, 3.8) is 0 Å². The van der Waals surface area contributed by atoms with Crippen LogP contribution in [-0.2, 0) is 26.6 Å². The van der Waals surface area contributed by atoms with E-state index >= 15 is 0 Å². The molecule has 0 saturated carbocycles. The van der Waals surface area contributed by atoms with E-state index in [1.54, 1.807) is 0 Å². The van der Waals surface area contributed by atoms with Crippen molar-refractivity contribution in [2.75, 3.05) is 0 Å². The van der Waals surface area contributed by atoms with Gasteiger partial charge in [-0.15, -0.1) is 0 Å². The van der Waals surface area contributed by atoms with Crippen LogP contribution in [0.25, 0.3) is 0 Å². The highest BCUT2D eigenvalue weighted by atomic mass is 15.3. The molecule has 0 aliphatic rings. The zero-order valence-electron chi connectivity index (χ0n) is 12.2. The Bertz CT molecular complexity index is 524. The number of rotatable bonds is 6. The largest absolute Gasteiger partial charge is 0.310 e. The fraction of sp³-hybridized carbons (Fsp3) is 0.571. The summed E-state index contributed by atoms with van der Waals surface area (Å²) in [5.41, 5.74) is 3.76. The van der Waals surface area contributed by atoms with Crippen LogP contribution in [0.1, 0.15) is 30.8 Å². The van der Waals surface area contributed by atoms with Crippen molar-refractivity contribution in [1.82, 2.24) is 24.9 Å². The molecule has 2 aromatic heterocycles. The molecule has 2 rings (SSSR count). The predicted molar refractivity (Wildman–Crippen MR) is 75.9 cm³/mol. The quantitative estimate of drug-likeness (QED) is 0.860. The van der Waals surface area contributed by atoms with Crippen molar-refractivity contribution in [3.05, 3.63) is 35.4 Å². The Morgan fingerprint density at radius 3 is 2.74 bits per heavy atom. The van der Waals surface area contributed by atoms with Crippen LogP contribution in [0.3, 0.4) is 0 Å². The van der Waals surface area contributed by atoms with Crippen molar-refractivity contribution in [2.24, 2.45) is 7.05 Å². The minimum Gasteiger partial charge on any atom is -0.310 e. The van der Waals surface area contributed by atoms with Gasteiger partial charge in [0.1, 0.15) is 0 Å². The van der Waals surface area contributed by atoms with Crippen LogP contribution in [0.5, 0.6) is 0 Å². The highest BCUT2D eigenvalue weighted by Gasteiger charge is 2.07. The second-order valence-electron chi connectivity index (χ2n) is 5.21. The maximum atomic E-state index is 4.47. The van der Waals surface area contributed by atoms with Crippen molar-refractivity contribution < 1.29 is 0 Å². The van der Waals surface area contributed by atoms with Gasteiger partial charge in [-0.25, -0.2) is 0 Å². The number of nitrogens with zero attached hydrogens (tertiary/aromatic N) is 4. The Labute approximate surface area is 114 Å². The van der Waals surface area contributed by atoms with Gasteiger partial charge < -0.3 is 5.32 Å². The Morgan fingerprint density at radius 2 is 2.11 bits per heavy atom. The molecule has 0 atom stereocenters. The van der Waals surface area contributed by atoms with E-state index in [-0.39, 0.29) is 0 Å². The van der Waals surface area contributed by atoms with E-state index in [9.17, 15) is 0 Å². The van der Waals surface area contributed by atoms with Gasteiger partial charge in [-0.1, -0.05) is 13.8 Å². The third kappa shape index (κ3) is 3.44. The first-order valence-corrected chi connectivity index (χ1v) is 6.79. The van der Waals surface area contributed by atoms with Gasteiger partial charge in [0.05, 0.1) is 6.20 Å². The Kier molecular flexibility index (Phi) is 4.37. The molecule has 0 fully saturated rings. The summed E-state index contributed by atoms with van der Waals surface area (Å²) in [6, 6.07) is 2.55. The molecule has 0 unspecified atom stereocenters. The minimum atomic E-state index is 0.497. The fourth-order valence-corrected chi connectivity index (χ4v) is 2.07. The third-order valence-corrected chi connectivity index (χ3v) is 3.41. The molecule has 2 heterocycles. The van der Waals surface area contributed by atoms with Gasteiger partial charge in [-0.3, -0.25) is 9.36 Å². The van der Waals surface area contributed by atoms with Gasteiger partial charge in [0.15, 0.2) is 0 Å². The summed E-state index contributed by atoms with van der Waals surface area (Å²) >= 11 is 0. The molecular weight excluding hydrogens is 238 g/mol. The highest BCUT2D eigenvalue weighted by Crippen LogP contribution is 2.09. The third-order valence-electron chi connectivity index (χ3n) is 3.41. The van der Waals surface area contributed by atoms with E-state index in [1.165, 1.54) is 17.0 Å². The highest BCUT2D eigenvalue weighted by molar-refractivity contribution is 5.16. The van der Waals surface area contributed by atoms with Gasteiger partial charge in [-0.05, 0) is 13.0 Å². The zero-order valence-corrected chi connectivity index (χ0v) is 12.2. The molecule has 2 aromatic rings. The summed E-state index contributed by atoms with van der Waals surface area (Å²) < 4.78 is 3.99.